The first-order valence-corrected chi connectivity index (χ1v) is 6.74. The topological polar surface area (TPSA) is 33.7 Å². The van der Waals surface area contributed by atoms with Crippen LogP contribution in [0, 0.1) is 5.92 Å². The van der Waals surface area contributed by atoms with Crippen molar-refractivity contribution in [3.8, 4) is 0 Å². The van der Waals surface area contributed by atoms with Crippen molar-refractivity contribution in [1.29, 1.82) is 0 Å². The lowest BCUT2D eigenvalue weighted by Crippen LogP contribution is -2.33. The molecule has 0 aromatic rings. The van der Waals surface area contributed by atoms with Gasteiger partial charge in [0.05, 0.1) is 12.2 Å². The average Bonchev–Trinajstić information content (AvgIpc) is 3.07. The number of likely N-dealkylation sites (tertiary alicyclic amines) is 1. The van der Waals surface area contributed by atoms with E-state index in [4.69, 9.17) is 9.47 Å². The lowest BCUT2D eigenvalue weighted by molar-refractivity contribution is -0.00461. The first-order chi connectivity index (χ1) is 8.22. The molecule has 0 aromatic heterocycles. The van der Waals surface area contributed by atoms with Crippen LogP contribution in [-0.2, 0) is 9.47 Å². The van der Waals surface area contributed by atoms with Gasteiger partial charge in [0.15, 0.2) is 0 Å². The van der Waals surface area contributed by atoms with Crippen molar-refractivity contribution >= 4 is 0 Å². The molecule has 0 radical (unpaired) electrons. The molecule has 2 aliphatic rings. The van der Waals surface area contributed by atoms with Crippen LogP contribution in [-0.4, -0.2) is 63.5 Å². The molecule has 0 aromatic carbocycles. The van der Waals surface area contributed by atoms with Crippen molar-refractivity contribution in [2.75, 3.05) is 40.4 Å². The third-order valence-corrected chi connectivity index (χ3v) is 3.80. The van der Waals surface area contributed by atoms with E-state index in [2.05, 4.69) is 17.1 Å². The number of hydrogen-bond donors (Lipinski definition) is 1. The standard InChI is InChI=1S/C13H26N2O2/c1-10(6-14-11-4-5-11)7-15-8-12(16-2)13(9-15)17-3/h10-14H,4-9H2,1-3H3. The van der Waals surface area contributed by atoms with E-state index in [1.165, 1.54) is 12.8 Å². The molecule has 0 amide bonds. The first kappa shape index (κ1) is 13.3. The normalized spacial score (nSPS) is 31.9. The smallest absolute Gasteiger partial charge is 0.0971 e. The van der Waals surface area contributed by atoms with Crippen LogP contribution in [0.15, 0.2) is 0 Å². The second-order valence-electron chi connectivity index (χ2n) is 5.55. The Balaban J connectivity index is 1.67. The van der Waals surface area contributed by atoms with Crippen LogP contribution >= 0.6 is 0 Å². The molecule has 1 aliphatic heterocycles. The Morgan fingerprint density at radius 2 is 1.76 bits per heavy atom. The Kier molecular flexibility index (Phi) is 4.79. The van der Waals surface area contributed by atoms with Crippen molar-refractivity contribution in [1.82, 2.24) is 10.2 Å². The highest BCUT2D eigenvalue weighted by Gasteiger charge is 2.33. The van der Waals surface area contributed by atoms with E-state index in [0.29, 0.717) is 5.92 Å². The molecular formula is C13H26N2O2. The van der Waals surface area contributed by atoms with Gasteiger partial charge in [0.25, 0.3) is 0 Å². The van der Waals surface area contributed by atoms with E-state index in [0.717, 1.165) is 32.2 Å². The average molecular weight is 242 g/mol. The fourth-order valence-electron chi connectivity index (χ4n) is 2.58. The van der Waals surface area contributed by atoms with Crippen molar-refractivity contribution in [2.45, 2.75) is 38.0 Å². The summed E-state index contributed by atoms with van der Waals surface area (Å²) in [5, 5.41) is 3.59. The van der Waals surface area contributed by atoms with E-state index in [-0.39, 0.29) is 12.2 Å². The molecule has 1 heterocycles. The van der Waals surface area contributed by atoms with Crippen molar-refractivity contribution in [3.63, 3.8) is 0 Å². The highest BCUT2D eigenvalue weighted by Crippen LogP contribution is 2.20. The highest BCUT2D eigenvalue weighted by atomic mass is 16.5. The molecule has 2 fully saturated rings. The van der Waals surface area contributed by atoms with E-state index >= 15 is 0 Å². The zero-order valence-corrected chi connectivity index (χ0v) is 11.3. The second kappa shape index (κ2) is 6.14. The summed E-state index contributed by atoms with van der Waals surface area (Å²) in [4.78, 5) is 2.46. The predicted octanol–water partition coefficient (Wildman–Crippen LogP) is 0.720. The summed E-state index contributed by atoms with van der Waals surface area (Å²) >= 11 is 0. The van der Waals surface area contributed by atoms with Gasteiger partial charge in [0, 0.05) is 39.9 Å². The molecule has 0 spiro atoms. The summed E-state index contributed by atoms with van der Waals surface area (Å²) in [6, 6.07) is 0.814. The molecule has 100 valence electrons. The van der Waals surface area contributed by atoms with Gasteiger partial charge < -0.3 is 14.8 Å². The number of methoxy groups -OCH3 is 2. The molecule has 1 saturated carbocycles. The van der Waals surface area contributed by atoms with Crippen LogP contribution < -0.4 is 5.32 Å². The van der Waals surface area contributed by atoms with E-state index in [9.17, 15) is 0 Å². The summed E-state index contributed by atoms with van der Waals surface area (Å²) in [5.74, 6) is 0.698. The number of hydrogen-bond acceptors (Lipinski definition) is 4. The fourth-order valence-corrected chi connectivity index (χ4v) is 2.58. The Morgan fingerprint density at radius 3 is 2.24 bits per heavy atom. The maximum atomic E-state index is 5.45. The van der Waals surface area contributed by atoms with Gasteiger partial charge >= 0.3 is 0 Å². The molecule has 17 heavy (non-hydrogen) atoms. The molecule has 1 N–H and O–H groups in total. The van der Waals surface area contributed by atoms with Gasteiger partial charge in [-0.15, -0.1) is 0 Å². The molecule has 2 rings (SSSR count). The van der Waals surface area contributed by atoms with Gasteiger partial charge in [-0.1, -0.05) is 6.92 Å². The molecule has 1 saturated heterocycles. The van der Waals surface area contributed by atoms with Crippen LogP contribution in [0.2, 0.25) is 0 Å². The van der Waals surface area contributed by atoms with Crippen LogP contribution in [0.1, 0.15) is 19.8 Å². The minimum absolute atomic E-state index is 0.239. The summed E-state index contributed by atoms with van der Waals surface area (Å²) in [5.41, 5.74) is 0. The monoisotopic (exact) mass is 242 g/mol. The number of nitrogens with zero attached hydrogens (tertiary/aromatic N) is 1. The zero-order valence-electron chi connectivity index (χ0n) is 11.3. The van der Waals surface area contributed by atoms with Gasteiger partial charge in [-0.25, -0.2) is 0 Å². The van der Waals surface area contributed by atoms with Crippen LogP contribution in [0.5, 0.6) is 0 Å². The maximum Gasteiger partial charge on any atom is 0.0971 e. The Morgan fingerprint density at radius 1 is 1.18 bits per heavy atom. The van der Waals surface area contributed by atoms with E-state index < -0.39 is 0 Å². The van der Waals surface area contributed by atoms with E-state index in [1.54, 1.807) is 14.2 Å². The van der Waals surface area contributed by atoms with Crippen LogP contribution in [0.25, 0.3) is 0 Å². The quantitative estimate of drug-likeness (QED) is 0.713. The molecular weight excluding hydrogens is 216 g/mol. The summed E-state index contributed by atoms with van der Waals surface area (Å²) in [6.45, 7) is 6.60. The van der Waals surface area contributed by atoms with Gasteiger partial charge in [0.2, 0.25) is 0 Å². The minimum Gasteiger partial charge on any atom is -0.377 e. The van der Waals surface area contributed by atoms with Gasteiger partial charge in [0.1, 0.15) is 0 Å². The van der Waals surface area contributed by atoms with Crippen molar-refractivity contribution < 1.29 is 9.47 Å². The predicted molar refractivity (Wildman–Crippen MR) is 68.2 cm³/mol. The zero-order chi connectivity index (χ0) is 12.3. The number of ether oxygens (including phenoxy) is 2. The molecule has 3 unspecified atom stereocenters. The summed E-state index contributed by atoms with van der Waals surface area (Å²) in [7, 11) is 3.55. The summed E-state index contributed by atoms with van der Waals surface area (Å²) < 4.78 is 10.9. The van der Waals surface area contributed by atoms with Crippen molar-refractivity contribution in [2.24, 2.45) is 5.92 Å². The molecule has 3 atom stereocenters. The number of nitrogens with one attached hydrogen (secondary N) is 1. The molecule has 4 heteroatoms. The second-order valence-corrected chi connectivity index (χ2v) is 5.55. The van der Waals surface area contributed by atoms with Gasteiger partial charge in [-0.3, -0.25) is 4.90 Å². The minimum atomic E-state index is 0.239. The fraction of sp³-hybridized carbons (Fsp3) is 1.00. The summed E-state index contributed by atoms with van der Waals surface area (Å²) in [6.07, 6.45) is 3.22. The molecule has 4 nitrogen and oxygen atoms in total. The Hall–Kier alpha value is -0.160. The van der Waals surface area contributed by atoms with Gasteiger partial charge in [-0.2, -0.15) is 0 Å². The third-order valence-electron chi connectivity index (χ3n) is 3.80. The highest BCUT2D eigenvalue weighted by molar-refractivity contribution is 4.87. The number of rotatable bonds is 7. The van der Waals surface area contributed by atoms with Crippen molar-refractivity contribution in [3.05, 3.63) is 0 Å². The molecule has 0 bridgehead atoms. The third kappa shape index (κ3) is 3.91. The van der Waals surface area contributed by atoms with Crippen LogP contribution in [0.4, 0.5) is 0 Å². The SMILES string of the molecule is COC1CN(CC(C)CNC2CC2)CC1OC. The Labute approximate surface area is 105 Å². The van der Waals surface area contributed by atoms with Crippen LogP contribution in [0.3, 0.4) is 0 Å². The lowest BCUT2D eigenvalue weighted by Gasteiger charge is -2.20. The Bertz CT molecular complexity index is 221. The lowest BCUT2D eigenvalue weighted by atomic mass is 10.1. The van der Waals surface area contributed by atoms with E-state index in [1.807, 2.05) is 0 Å². The largest absolute Gasteiger partial charge is 0.377 e. The maximum absolute atomic E-state index is 5.45. The molecule has 1 aliphatic carbocycles. The van der Waals surface area contributed by atoms with Gasteiger partial charge in [-0.05, 0) is 25.3 Å². The first-order valence-electron chi connectivity index (χ1n) is 6.74.